The lowest BCUT2D eigenvalue weighted by atomic mass is 9.70. The third-order valence-electron chi connectivity index (χ3n) is 4.94. The molecule has 1 aromatic rings. The monoisotopic (exact) mass is 259 g/mol. The van der Waals surface area contributed by atoms with Crippen LogP contribution < -0.4 is 5.32 Å². The summed E-state index contributed by atoms with van der Waals surface area (Å²) >= 11 is 0. The largest absolute Gasteiger partial charge is 0.348 e. The number of hydrogen-bond donors (Lipinski definition) is 2. The number of fused-ring (bicyclic) bond motifs is 1. The summed E-state index contributed by atoms with van der Waals surface area (Å²) in [4.78, 5) is 7.83. The van der Waals surface area contributed by atoms with Crippen molar-refractivity contribution >= 4 is 0 Å². The van der Waals surface area contributed by atoms with Crippen LogP contribution in [0.25, 0.3) is 0 Å². The van der Waals surface area contributed by atoms with Crippen molar-refractivity contribution in [3.05, 3.63) is 28.9 Å². The predicted octanol–water partition coefficient (Wildman–Crippen LogP) is 3.51. The molecule has 0 bridgehead atoms. The summed E-state index contributed by atoms with van der Waals surface area (Å²) in [6.07, 6.45) is 7.98. The highest BCUT2D eigenvalue weighted by Crippen LogP contribution is 2.44. The van der Waals surface area contributed by atoms with Crippen LogP contribution in [0.5, 0.6) is 0 Å². The molecule has 0 saturated carbocycles. The van der Waals surface area contributed by atoms with Crippen LogP contribution in [0.1, 0.15) is 63.9 Å². The van der Waals surface area contributed by atoms with E-state index in [1.54, 1.807) is 11.1 Å². The number of allylic oxidation sites excluding steroid dienone is 1. The lowest BCUT2D eigenvalue weighted by Gasteiger charge is -2.37. The van der Waals surface area contributed by atoms with Crippen molar-refractivity contribution in [3.63, 3.8) is 0 Å². The van der Waals surface area contributed by atoms with E-state index in [4.69, 9.17) is 0 Å². The van der Waals surface area contributed by atoms with Gasteiger partial charge in [-0.2, -0.15) is 0 Å². The van der Waals surface area contributed by atoms with Crippen molar-refractivity contribution in [1.29, 1.82) is 0 Å². The summed E-state index contributed by atoms with van der Waals surface area (Å²) < 4.78 is 0. The third-order valence-corrected chi connectivity index (χ3v) is 4.94. The summed E-state index contributed by atoms with van der Waals surface area (Å²) in [6, 6.07) is 0.400. The SMILES string of the molecule is CC1=C(C[C@@H]2NCCc3[nH]cnc32)C(C)(C)CCC1. The smallest absolute Gasteiger partial charge is 0.0925 e. The predicted molar refractivity (Wildman–Crippen MR) is 78.0 cm³/mol. The maximum Gasteiger partial charge on any atom is 0.0925 e. The minimum absolute atomic E-state index is 0.359. The van der Waals surface area contributed by atoms with E-state index in [9.17, 15) is 0 Å². The molecule has 0 unspecified atom stereocenters. The van der Waals surface area contributed by atoms with E-state index in [-0.39, 0.29) is 0 Å². The molecule has 1 atom stereocenters. The van der Waals surface area contributed by atoms with Gasteiger partial charge in [0, 0.05) is 18.7 Å². The van der Waals surface area contributed by atoms with Crippen molar-refractivity contribution in [2.45, 2.75) is 58.9 Å². The maximum atomic E-state index is 4.54. The first-order valence-electron chi connectivity index (χ1n) is 7.52. The van der Waals surface area contributed by atoms with Gasteiger partial charge in [0.05, 0.1) is 18.1 Å². The number of hydrogen-bond acceptors (Lipinski definition) is 2. The van der Waals surface area contributed by atoms with E-state index in [0.29, 0.717) is 11.5 Å². The molecule has 2 aliphatic rings. The van der Waals surface area contributed by atoms with Crippen molar-refractivity contribution in [2.75, 3.05) is 6.54 Å². The fourth-order valence-corrected chi connectivity index (χ4v) is 3.80. The van der Waals surface area contributed by atoms with E-state index in [1.165, 1.54) is 30.7 Å². The summed E-state index contributed by atoms with van der Waals surface area (Å²) in [5.74, 6) is 0. The van der Waals surface area contributed by atoms with Crippen molar-refractivity contribution in [1.82, 2.24) is 15.3 Å². The first-order valence-corrected chi connectivity index (χ1v) is 7.52. The number of nitrogens with zero attached hydrogens (tertiary/aromatic N) is 1. The van der Waals surface area contributed by atoms with Crippen molar-refractivity contribution < 1.29 is 0 Å². The standard InChI is InChI=1S/C16H25N3/c1-11-5-4-7-16(2,3)12(11)9-14-15-13(6-8-17-14)18-10-19-15/h10,14,17H,4-9H2,1-3H3,(H,18,19)/t14-/m0/s1. The van der Waals surface area contributed by atoms with Crippen LogP contribution >= 0.6 is 0 Å². The number of aromatic amines is 1. The molecule has 1 aliphatic carbocycles. The molecule has 3 nitrogen and oxygen atoms in total. The molecule has 0 amide bonds. The number of H-pyrrole nitrogens is 1. The van der Waals surface area contributed by atoms with Gasteiger partial charge in [0.25, 0.3) is 0 Å². The molecule has 2 heterocycles. The molecule has 1 aliphatic heterocycles. The summed E-state index contributed by atoms with van der Waals surface area (Å²) in [7, 11) is 0. The van der Waals surface area contributed by atoms with Gasteiger partial charge in [-0.25, -0.2) is 4.98 Å². The highest BCUT2D eigenvalue weighted by Gasteiger charge is 2.32. The molecule has 104 valence electrons. The van der Waals surface area contributed by atoms with Crippen LogP contribution in [0.2, 0.25) is 0 Å². The Morgan fingerprint density at radius 1 is 1.37 bits per heavy atom. The third kappa shape index (κ3) is 2.36. The zero-order valence-corrected chi connectivity index (χ0v) is 12.3. The second-order valence-corrected chi connectivity index (χ2v) is 6.72. The van der Waals surface area contributed by atoms with Gasteiger partial charge in [0.1, 0.15) is 0 Å². The first kappa shape index (κ1) is 12.9. The van der Waals surface area contributed by atoms with Crippen molar-refractivity contribution in [3.8, 4) is 0 Å². The summed E-state index contributed by atoms with van der Waals surface area (Å²) in [5, 5.41) is 3.65. The van der Waals surface area contributed by atoms with Crippen LogP contribution in [-0.2, 0) is 6.42 Å². The fourth-order valence-electron chi connectivity index (χ4n) is 3.80. The quantitative estimate of drug-likeness (QED) is 0.798. The van der Waals surface area contributed by atoms with E-state index in [1.807, 2.05) is 6.33 Å². The Balaban J connectivity index is 1.86. The molecule has 2 N–H and O–H groups in total. The van der Waals surface area contributed by atoms with Crippen LogP contribution in [0, 0.1) is 5.41 Å². The lowest BCUT2D eigenvalue weighted by molar-refractivity contribution is 0.335. The molecule has 0 saturated heterocycles. The highest BCUT2D eigenvalue weighted by atomic mass is 15.0. The van der Waals surface area contributed by atoms with Crippen LogP contribution in [0.4, 0.5) is 0 Å². The Hall–Kier alpha value is -1.09. The zero-order valence-electron chi connectivity index (χ0n) is 12.3. The average Bonchev–Trinajstić information content (AvgIpc) is 2.82. The van der Waals surface area contributed by atoms with Gasteiger partial charge in [0.2, 0.25) is 0 Å². The molecule has 0 aromatic carbocycles. The van der Waals surface area contributed by atoms with Gasteiger partial charge in [0.15, 0.2) is 0 Å². The van der Waals surface area contributed by atoms with Gasteiger partial charge >= 0.3 is 0 Å². The topological polar surface area (TPSA) is 40.7 Å². The molecule has 3 heteroatoms. The Morgan fingerprint density at radius 2 is 2.21 bits per heavy atom. The maximum absolute atomic E-state index is 4.54. The Labute approximate surface area is 115 Å². The Kier molecular flexibility index (Phi) is 3.25. The number of aromatic nitrogens is 2. The van der Waals surface area contributed by atoms with Crippen molar-refractivity contribution in [2.24, 2.45) is 5.41 Å². The van der Waals surface area contributed by atoms with Crippen LogP contribution in [0.15, 0.2) is 17.5 Å². The molecular weight excluding hydrogens is 234 g/mol. The zero-order chi connectivity index (χ0) is 13.5. The molecule has 1 aromatic heterocycles. The second-order valence-electron chi connectivity index (χ2n) is 6.72. The Morgan fingerprint density at radius 3 is 3.00 bits per heavy atom. The normalized spacial score (nSPS) is 26.4. The van der Waals surface area contributed by atoms with Gasteiger partial charge in [-0.3, -0.25) is 0 Å². The van der Waals surface area contributed by atoms with Crippen LogP contribution in [-0.4, -0.2) is 16.5 Å². The van der Waals surface area contributed by atoms with Gasteiger partial charge in [-0.1, -0.05) is 25.0 Å². The van der Waals surface area contributed by atoms with Gasteiger partial charge < -0.3 is 10.3 Å². The van der Waals surface area contributed by atoms with E-state index in [2.05, 4.69) is 36.1 Å². The van der Waals surface area contributed by atoms with E-state index >= 15 is 0 Å². The van der Waals surface area contributed by atoms with Gasteiger partial charge in [-0.05, 0) is 38.0 Å². The van der Waals surface area contributed by atoms with E-state index < -0.39 is 0 Å². The first-order chi connectivity index (χ1) is 9.08. The molecule has 3 rings (SSSR count). The molecule has 0 fully saturated rings. The number of nitrogens with one attached hydrogen (secondary N) is 2. The minimum Gasteiger partial charge on any atom is -0.348 e. The molecule has 19 heavy (non-hydrogen) atoms. The minimum atomic E-state index is 0.359. The second kappa shape index (κ2) is 4.78. The van der Waals surface area contributed by atoms with E-state index in [0.717, 1.165) is 19.4 Å². The molecule has 0 radical (unpaired) electrons. The fraction of sp³-hybridized carbons (Fsp3) is 0.688. The average molecular weight is 259 g/mol. The Bertz CT molecular complexity index is 496. The summed E-state index contributed by atoms with van der Waals surface area (Å²) in [6.45, 7) is 8.19. The summed E-state index contributed by atoms with van der Waals surface area (Å²) in [5.41, 5.74) is 6.20. The highest BCUT2D eigenvalue weighted by molar-refractivity contribution is 5.28. The number of imidazole rings is 1. The lowest BCUT2D eigenvalue weighted by Crippen LogP contribution is -2.32. The van der Waals surface area contributed by atoms with Crippen LogP contribution in [0.3, 0.4) is 0 Å². The van der Waals surface area contributed by atoms with Gasteiger partial charge in [-0.15, -0.1) is 0 Å². The molecular formula is C16H25N3. The molecule has 0 spiro atoms. The number of rotatable bonds is 2.